The summed E-state index contributed by atoms with van der Waals surface area (Å²) in [5.41, 5.74) is 2.43. The van der Waals surface area contributed by atoms with Gasteiger partial charge in [0.25, 0.3) is 0 Å². The summed E-state index contributed by atoms with van der Waals surface area (Å²) in [5, 5.41) is 5.24. The number of likely N-dealkylation sites (tertiary alicyclic amines) is 1. The summed E-state index contributed by atoms with van der Waals surface area (Å²) in [5.74, 6) is -0.0732. The van der Waals surface area contributed by atoms with Crippen LogP contribution in [0.15, 0.2) is 54.2 Å². The lowest BCUT2D eigenvalue weighted by Crippen LogP contribution is -2.30. The van der Waals surface area contributed by atoms with E-state index in [1.807, 2.05) is 35.7 Å². The number of nitrogens with one attached hydrogen (secondary N) is 1. The van der Waals surface area contributed by atoms with Crippen molar-refractivity contribution in [2.75, 3.05) is 19.5 Å². The molecule has 0 spiro atoms. The van der Waals surface area contributed by atoms with Crippen LogP contribution in [0.4, 0.5) is 5.13 Å². The molecule has 2 atom stereocenters. The Balaban J connectivity index is 1.55. The van der Waals surface area contributed by atoms with Gasteiger partial charge in [-0.15, -0.1) is 11.3 Å². The minimum Gasteiger partial charge on any atom is -0.496 e. The van der Waals surface area contributed by atoms with Gasteiger partial charge in [0.05, 0.1) is 24.8 Å². The smallest absolute Gasteiger partial charge is 0.232 e. The molecule has 1 saturated heterocycles. The standard InChI is InChI=1S/C21H20N4O3S/c1-25-18(26)10-15(19(25)13-6-5-9-22-11-13)20(27)24-21-23-16(12-29-21)14-7-3-4-8-17(14)28-2/h3-9,11-12,15,19H,10H2,1-2H3,(H,23,24,27). The van der Waals surface area contributed by atoms with E-state index in [9.17, 15) is 9.59 Å². The van der Waals surface area contributed by atoms with Crippen LogP contribution in [0.1, 0.15) is 18.0 Å². The molecule has 2 aromatic heterocycles. The number of anilines is 1. The first-order valence-corrected chi connectivity index (χ1v) is 10.0. The Hall–Kier alpha value is -3.26. The van der Waals surface area contributed by atoms with Gasteiger partial charge in [0.2, 0.25) is 11.8 Å². The highest BCUT2D eigenvalue weighted by atomic mass is 32.1. The van der Waals surface area contributed by atoms with Gasteiger partial charge in [-0.05, 0) is 23.8 Å². The number of carbonyl (C=O) groups is 2. The Morgan fingerprint density at radius 1 is 1.28 bits per heavy atom. The van der Waals surface area contributed by atoms with Crippen LogP contribution in [0.3, 0.4) is 0 Å². The third-order valence-electron chi connectivity index (χ3n) is 5.07. The zero-order chi connectivity index (χ0) is 20.4. The Morgan fingerprint density at radius 2 is 2.10 bits per heavy atom. The zero-order valence-corrected chi connectivity index (χ0v) is 16.8. The number of carbonyl (C=O) groups excluding carboxylic acids is 2. The number of hydrogen-bond donors (Lipinski definition) is 1. The van der Waals surface area contributed by atoms with Crippen molar-refractivity contribution in [2.24, 2.45) is 5.92 Å². The van der Waals surface area contributed by atoms with E-state index >= 15 is 0 Å². The van der Waals surface area contributed by atoms with Gasteiger partial charge in [-0.2, -0.15) is 0 Å². The van der Waals surface area contributed by atoms with Crippen LogP contribution < -0.4 is 10.1 Å². The van der Waals surface area contributed by atoms with E-state index in [-0.39, 0.29) is 24.3 Å². The minimum atomic E-state index is -0.504. The molecule has 3 aromatic rings. The monoisotopic (exact) mass is 408 g/mol. The highest BCUT2D eigenvalue weighted by molar-refractivity contribution is 7.14. The first-order chi connectivity index (χ1) is 14.1. The average Bonchev–Trinajstić information content (AvgIpc) is 3.33. The number of para-hydroxylation sites is 1. The van der Waals surface area contributed by atoms with Crippen LogP contribution in [-0.4, -0.2) is 40.8 Å². The van der Waals surface area contributed by atoms with E-state index in [4.69, 9.17) is 4.74 Å². The number of rotatable bonds is 5. The molecule has 1 aliphatic heterocycles. The summed E-state index contributed by atoms with van der Waals surface area (Å²) in [7, 11) is 3.33. The van der Waals surface area contributed by atoms with Gasteiger partial charge < -0.3 is 15.0 Å². The molecule has 1 fully saturated rings. The Kier molecular flexibility index (Phi) is 5.26. The van der Waals surface area contributed by atoms with Crippen molar-refractivity contribution in [1.29, 1.82) is 0 Å². The first-order valence-electron chi connectivity index (χ1n) is 9.14. The first kappa shape index (κ1) is 19.1. The second-order valence-electron chi connectivity index (χ2n) is 6.77. The normalized spacial score (nSPS) is 18.7. The number of amides is 2. The lowest BCUT2D eigenvalue weighted by atomic mass is 9.94. The van der Waals surface area contributed by atoms with Crippen molar-refractivity contribution in [2.45, 2.75) is 12.5 Å². The van der Waals surface area contributed by atoms with Crippen molar-refractivity contribution < 1.29 is 14.3 Å². The van der Waals surface area contributed by atoms with E-state index < -0.39 is 5.92 Å². The molecule has 29 heavy (non-hydrogen) atoms. The predicted octanol–water partition coefficient (Wildman–Crippen LogP) is 3.37. The van der Waals surface area contributed by atoms with Crippen molar-refractivity contribution in [1.82, 2.24) is 14.9 Å². The average molecular weight is 408 g/mol. The van der Waals surface area contributed by atoms with Gasteiger partial charge in [0, 0.05) is 36.8 Å². The third kappa shape index (κ3) is 3.71. The van der Waals surface area contributed by atoms with Gasteiger partial charge in [-0.3, -0.25) is 14.6 Å². The number of thiazole rings is 1. The van der Waals surface area contributed by atoms with Crippen LogP contribution in [-0.2, 0) is 9.59 Å². The molecule has 0 saturated carbocycles. The number of ether oxygens (including phenoxy) is 1. The molecule has 8 heteroatoms. The van der Waals surface area contributed by atoms with Gasteiger partial charge >= 0.3 is 0 Å². The molecule has 7 nitrogen and oxygen atoms in total. The van der Waals surface area contributed by atoms with E-state index in [2.05, 4.69) is 15.3 Å². The summed E-state index contributed by atoms with van der Waals surface area (Å²) in [6.07, 6.45) is 3.53. The summed E-state index contributed by atoms with van der Waals surface area (Å²) in [4.78, 5) is 35.5. The van der Waals surface area contributed by atoms with Crippen LogP contribution in [0.2, 0.25) is 0 Å². The summed E-state index contributed by atoms with van der Waals surface area (Å²) in [6.45, 7) is 0. The topological polar surface area (TPSA) is 84.4 Å². The van der Waals surface area contributed by atoms with Crippen LogP contribution in [0.25, 0.3) is 11.3 Å². The third-order valence-corrected chi connectivity index (χ3v) is 5.82. The molecule has 1 aliphatic rings. The predicted molar refractivity (Wildman–Crippen MR) is 111 cm³/mol. The van der Waals surface area contributed by atoms with E-state index in [1.165, 1.54) is 11.3 Å². The maximum Gasteiger partial charge on any atom is 0.232 e. The number of hydrogen-bond acceptors (Lipinski definition) is 6. The molecule has 148 valence electrons. The molecule has 1 aromatic carbocycles. The molecule has 0 aliphatic carbocycles. The molecule has 1 N–H and O–H groups in total. The maximum absolute atomic E-state index is 13.0. The molecular formula is C21H20N4O3S. The van der Waals surface area contributed by atoms with Gasteiger partial charge in [0.15, 0.2) is 5.13 Å². The van der Waals surface area contributed by atoms with Gasteiger partial charge in [-0.1, -0.05) is 18.2 Å². The van der Waals surface area contributed by atoms with Crippen molar-refractivity contribution in [3.63, 3.8) is 0 Å². The molecule has 0 bridgehead atoms. The summed E-state index contributed by atoms with van der Waals surface area (Å²) < 4.78 is 5.39. The number of nitrogens with zero attached hydrogens (tertiary/aromatic N) is 3. The van der Waals surface area contributed by atoms with Gasteiger partial charge in [0.1, 0.15) is 5.75 Å². The molecule has 2 amide bonds. The number of aromatic nitrogens is 2. The van der Waals surface area contributed by atoms with Crippen molar-refractivity contribution >= 4 is 28.3 Å². The second-order valence-corrected chi connectivity index (χ2v) is 7.63. The fourth-order valence-corrected chi connectivity index (χ4v) is 4.33. The Bertz CT molecular complexity index is 1040. The molecule has 3 heterocycles. The van der Waals surface area contributed by atoms with Crippen molar-refractivity contribution in [3.8, 4) is 17.0 Å². The fourth-order valence-electron chi connectivity index (χ4n) is 3.62. The Labute approximate surface area is 172 Å². The van der Waals surface area contributed by atoms with Crippen LogP contribution in [0, 0.1) is 5.92 Å². The number of methoxy groups -OCH3 is 1. The highest BCUT2D eigenvalue weighted by Crippen LogP contribution is 2.38. The largest absolute Gasteiger partial charge is 0.496 e. The maximum atomic E-state index is 13.0. The zero-order valence-electron chi connectivity index (χ0n) is 16.0. The highest BCUT2D eigenvalue weighted by Gasteiger charge is 2.43. The summed E-state index contributed by atoms with van der Waals surface area (Å²) in [6, 6.07) is 10.9. The number of pyridine rings is 1. The Morgan fingerprint density at radius 3 is 2.86 bits per heavy atom. The number of benzene rings is 1. The molecule has 2 unspecified atom stereocenters. The van der Waals surface area contributed by atoms with Crippen molar-refractivity contribution in [3.05, 3.63) is 59.7 Å². The van der Waals surface area contributed by atoms with E-state index in [0.717, 1.165) is 22.6 Å². The molecular weight excluding hydrogens is 388 g/mol. The fraction of sp³-hybridized carbons (Fsp3) is 0.238. The lowest BCUT2D eigenvalue weighted by Gasteiger charge is -2.24. The van der Waals surface area contributed by atoms with Crippen LogP contribution >= 0.6 is 11.3 Å². The van der Waals surface area contributed by atoms with Crippen LogP contribution in [0.5, 0.6) is 5.75 Å². The SMILES string of the molecule is COc1ccccc1-c1csc(NC(=O)C2CC(=O)N(C)C2c2cccnc2)n1. The molecule has 0 radical (unpaired) electrons. The quantitative estimate of drug-likeness (QED) is 0.700. The minimum absolute atomic E-state index is 0.0622. The van der Waals surface area contributed by atoms with E-state index in [0.29, 0.717) is 5.13 Å². The lowest BCUT2D eigenvalue weighted by molar-refractivity contribution is -0.127. The molecule has 4 rings (SSSR count). The van der Waals surface area contributed by atoms with E-state index in [1.54, 1.807) is 37.5 Å². The van der Waals surface area contributed by atoms with Gasteiger partial charge in [-0.25, -0.2) is 4.98 Å². The second kappa shape index (κ2) is 8.00. The summed E-state index contributed by atoms with van der Waals surface area (Å²) >= 11 is 1.34.